The first-order chi connectivity index (χ1) is 16.2. The van der Waals surface area contributed by atoms with Crippen molar-refractivity contribution in [2.75, 3.05) is 20.1 Å². The minimum Gasteiger partial charge on any atom is -0.457 e. The average Bonchev–Trinajstić information content (AvgIpc) is 2.85. The Bertz CT molecular complexity index is 1030. The van der Waals surface area contributed by atoms with Crippen LogP contribution in [0.4, 0.5) is 0 Å². The van der Waals surface area contributed by atoms with Gasteiger partial charge in [0.2, 0.25) is 0 Å². The molecule has 0 amide bonds. The summed E-state index contributed by atoms with van der Waals surface area (Å²) in [7, 11) is 1.82. The van der Waals surface area contributed by atoms with E-state index in [0.29, 0.717) is 12.6 Å². The van der Waals surface area contributed by atoms with Crippen molar-refractivity contribution >= 4 is 5.96 Å². The van der Waals surface area contributed by atoms with Gasteiger partial charge in [0, 0.05) is 51.0 Å². The number of ether oxygens (including phenoxy) is 1. The van der Waals surface area contributed by atoms with Crippen LogP contribution in [0.5, 0.6) is 11.5 Å². The molecule has 33 heavy (non-hydrogen) atoms. The first-order valence-electron chi connectivity index (χ1n) is 11.6. The second-order valence-corrected chi connectivity index (χ2v) is 8.46. The highest BCUT2D eigenvalue weighted by Crippen LogP contribution is 2.25. The monoisotopic (exact) mass is 443 g/mol. The van der Waals surface area contributed by atoms with Crippen molar-refractivity contribution in [1.82, 2.24) is 20.5 Å². The normalized spacial score (nSPS) is 15.3. The van der Waals surface area contributed by atoms with Crippen LogP contribution in [0.1, 0.15) is 29.7 Å². The summed E-state index contributed by atoms with van der Waals surface area (Å²) in [4.78, 5) is 11.4. The average molecular weight is 444 g/mol. The van der Waals surface area contributed by atoms with Crippen molar-refractivity contribution in [2.45, 2.75) is 38.9 Å². The molecule has 6 nitrogen and oxygen atoms in total. The molecule has 1 saturated heterocycles. The maximum atomic E-state index is 6.13. The van der Waals surface area contributed by atoms with Gasteiger partial charge in [-0.25, -0.2) is 0 Å². The number of guanidine groups is 1. The number of likely N-dealkylation sites (tertiary alicyclic amines) is 1. The highest BCUT2D eigenvalue weighted by atomic mass is 16.5. The van der Waals surface area contributed by atoms with Gasteiger partial charge in [0.15, 0.2) is 5.96 Å². The first kappa shape index (κ1) is 22.8. The Morgan fingerprint density at radius 2 is 1.79 bits per heavy atom. The summed E-state index contributed by atoms with van der Waals surface area (Å²) in [5.74, 6) is 2.52. The van der Waals surface area contributed by atoms with E-state index in [9.17, 15) is 0 Å². The van der Waals surface area contributed by atoms with Crippen molar-refractivity contribution in [3.63, 3.8) is 0 Å². The van der Waals surface area contributed by atoms with Crippen molar-refractivity contribution in [3.05, 3.63) is 89.7 Å². The van der Waals surface area contributed by atoms with E-state index in [1.54, 1.807) is 0 Å². The quantitative estimate of drug-likeness (QED) is 0.416. The van der Waals surface area contributed by atoms with E-state index in [1.165, 1.54) is 5.56 Å². The topological polar surface area (TPSA) is 61.8 Å². The number of nitrogens with one attached hydrogen (secondary N) is 2. The van der Waals surface area contributed by atoms with Crippen LogP contribution in [0.25, 0.3) is 0 Å². The Hall–Kier alpha value is -3.38. The molecule has 1 aliphatic heterocycles. The Morgan fingerprint density at radius 1 is 1.03 bits per heavy atom. The van der Waals surface area contributed by atoms with E-state index in [2.05, 4.69) is 62.8 Å². The summed E-state index contributed by atoms with van der Waals surface area (Å²) in [6, 6.07) is 22.8. The molecule has 2 aromatic carbocycles. The van der Waals surface area contributed by atoms with Gasteiger partial charge in [-0.15, -0.1) is 0 Å². The number of hydrogen-bond donors (Lipinski definition) is 2. The summed E-state index contributed by atoms with van der Waals surface area (Å²) in [5.41, 5.74) is 3.44. The molecule has 172 valence electrons. The van der Waals surface area contributed by atoms with Crippen LogP contribution in [0, 0.1) is 6.92 Å². The van der Waals surface area contributed by atoms with Crippen LogP contribution in [0.15, 0.2) is 77.9 Å². The van der Waals surface area contributed by atoms with E-state index in [4.69, 9.17) is 4.74 Å². The van der Waals surface area contributed by atoms with Gasteiger partial charge in [-0.2, -0.15) is 0 Å². The number of pyridine rings is 1. The number of rotatable bonds is 7. The lowest BCUT2D eigenvalue weighted by Gasteiger charge is -2.32. The second-order valence-electron chi connectivity index (χ2n) is 8.46. The molecule has 0 aliphatic carbocycles. The number of nitrogens with zero attached hydrogens (tertiary/aromatic N) is 3. The predicted molar refractivity (Wildman–Crippen MR) is 134 cm³/mol. The zero-order valence-electron chi connectivity index (χ0n) is 19.5. The van der Waals surface area contributed by atoms with Crippen LogP contribution in [-0.4, -0.2) is 42.0 Å². The number of aryl methyl sites for hydroxylation is 1. The Labute approximate surface area is 196 Å². The lowest BCUT2D eigenvalue weighted by Crippen LogP contribution is -2.48. The molecule has 3 aromatic rings. The van der Waals surface area contributed by atoms with E-state index < -0.39 is 0 Å². The molecule has 0 saturated carbocycles. The van der Waals surface area contributed by atoms with Gasteiger partial charge in [-0.3, -0.25) is 14.9 Å². The van der Waals surface area contributed by atoms with Crippen molar-refractivity contribution in [2.24, 2.45) is 4.99 Å². The molecule has 2 N–H and O–H groups in total. The summed E-state index contributed by atoms with van der Waals surface area (Å²) in [5, 5.41) is 7.05. The zero-order chi connectivity index (χ0) is 22.9. The molecule has 0 bridgehead atoms. The van der Waals surface area contributed by atoms with Gasteiger partial charge in [0.05, 0.1) is 5.69 Å². The van der Waals surface area contributed by atoms with E-state index in [1.807, 2.05) is 49.6 Å². The molecule has 0 atom stereocenters. The van der Waals surface area contributed by atoms with E-state index in [-0.39, 0.29) is 0 Å². The number of para-hydroxylation sites is 1. The molecule has 2 heterocycles. The molecule has 0 unspecified atom stereocenters. The highest BCUT2D eigenvalue weighted by Gasteiger charge is 2.20. The summed E-state index contributed by atoms with van der Waals surface area (Å²) < 4.78 is 6.13. The van der Waals surface area contributed by atoms with Gasteiger partial charge < -0.3 is 15.4 Å². The van der Waals surface area contributed by atoms with Gasteiger partial charge in [-0.05, 0) is 50.1 Å². The van der Waals surface area contributed by atoms with Gasteiger partial charge in [0.25, 0.3) is 0 Å². The molecule has 1 aliphatic rings. The number of benzene rings is 2. The molecular formula is C27H33N5O. The molecule has 0 spiro atoms. The molecule has 1 aromatic heterocycles. The first-order valence-corrected chi connectivity index (χ1v) is 11.6. The minimum atomic E-state index is 0.412. The predicted octanol–water partition coefficient (Wildman–Crippen LogP) is 4.51. The molecule has 1 fully saturated rings. The van der Waals surface area contributed by atoms with Gasteiger partial charge >= 0.3 is 0 Å². The third-order valence-electron chi connectivity index (χ3n) is 5.93. The van der Waals surface area contributed by atoms with Crippen LogP contribution in [-0.2, 0) is 13.1 Å². The molecule has 0 radical (unpaired) electrons. The van der Waals surface area contributed by atoms with Crippen molar-refractivity contribution in [1.29, 1.82) is 0 Å². The number of hydrogen-bond acceptors (Lipinski definition) is 4. The lowest BCUT2D eigenvalue weighted by molar-refractivity contribution is 0.196. The van der Waals surface area contributed by atoms with Crippen molar-refractivity contribution in [3.8, 4) is 11.5 Å². The second kappa shape index (κ2) is 11.5. The highest BCUT2D eigenvalue weighted by molar-refractivity contribution is 5.80. The lowest BCUT2D eigenvalue weighted by atomic mass is 10.0. The standard InChI is InChI=1S/C27H33N5O/c1-21-10-12-25(13-11-21)33-26-9-4-3-7-22(26)19-30-27(28-2)31-23-14-17-32(18-15-23)20-24-8-5-6-16-29-24/h3-13,16,23H,14-15,17-20H2,1-2H3,(H2,28,30,31). The smallest absolute Gasteiger partial charge is 0.191 e. The summed E-state index contributed by atoms with van der Waals surface area (Å²) in [6.45, 7) is 5.74. The van der Waals surface area contributed by atoms with Crippen LogP contribution in [0.2, 0.25) is 0 Å². The molecular weight excluding hydrogens is 410 g/mol. The number of piperidine rings is 1. The maximum Gasteiger partial charge on any atom is 0.191 e. The molecule has 4 rings (SSSR count). The summed E-state index contributed by atoms with van der Waals surface area (Å²) >= 11 is 0. The molecule has 6 heteroatoms. The maximum absolute atomic E-state index is 6.13. The third kappa shape index (κ3) is 6.80. The Kier molecular flexibility index (Phi) is 7.93. The van der Waals surface area contributed by atoms with Crippen LogP contribution in [0.3, 0.4) is 0 Å². The van der Waals surface area contributed by atoms with Gasteiger partial charge in [-0.1, -0.05) is 42.0 Å². The zero-order valence-corrected chi connectivity index (χ0v) is 19.5. The number of aliphatic imine (C=N–C) groups is 1. The Morgan fingerprint density at radius 3 is 2.52 bits per heavy atom. The SMILES string of the molecule is CN=C(NCc1ccccc1Oc1ccc(C)cc1)NC1CCN(Cc2ccccn2)CC1. The van der Waals surface area contributed by atoms with Crippen LogP contribution < -0.4 is 15.4 Å². The largest absolute Gasteiger partial charge is 0.457 e. The van der Waals surface area contributed by atoms with Crippen LogP contribution >= 0.6 is 0 Å². The van der Waals surface area contributed by atoms with Crippen molar-refractivity contribution < 1.29 is 4.74 Å². The fraction of sp³-hybridized carbons (Fsp3) is 0.333. The Balaban J connectivity index is 1.27. The minimum absolute atomic E-state index is 0.412. The van der Waals surface area contributed by atoms with E-state index in [0.717, 1.165) is 61.2 Å². The third-order valence-corrected chi connectivity index (χ3v) is 5.93. The van der Waals surface area contributed by atoms with E-state index >= 15 is 0 Å². The fourth-order valence-electron chi connectivity index (χ4n) is 4.01. The fourth-order valence-corrected chi connectivity index (χ4v) is 4.01. The summed E-state index contributed by atoms with van der Waals surface area (Å²) in [6.07, 6.45) is 4.03. The number of aromatic nitrogens is 1. The van der Waals surface area contributed by atoms with Gasteiger partial charge in [0.1, 0.15) is 11.5 Å².